The van der Waals surface area contributed by atoms with Gasteiger partial charge in [-0.2, -0.15) is 0 Å². The number of rotatable bonds is 7. The van der Waals surface area contributed by atoms with Crippen LogP contribution in [0.2, 0.25) is 0 Å². The molecule has 1 aromatic heterocycles. The lowest BCUT2D eigenvalue weighted by molar-refractivity contribution is 0.0956. The summed E-state index contributed by atoms with van der Waals surface area (Å²) in [6, 6.07) is 3.23. The second-order valence-corrected chi connectivity index (χ2v) is 6.50. The van der Waals surface area contributed by atoms with Gasteiger partial charge >= 0.3 is 0 Å². The summed E-state index contributed by atoms with van der Waals surface area (Å²) in [4.78, 5) is 15.9. The van der Waals surface area contributed by atoms with Crippen molar-refractivity contribution >= 4 is 21.6 Å². The molecular formula is C12H19N3O3S. The molecule has 0 saturated carbocycles. The molecular weight excluding hydrogens is 266 g/mol. The van der Waals surface area contributed by atoms with Gasteiger partial charge in [-0.05, 0) is 18.6 Å². The van der Waals surface area contributed by atoms with Crippen molar-refractivity contribution in [3.05, 3.63) is 23.9 Å². The van der Waals surface area contributed by atoms with E-state index in [1.54, 1.807) is 18.3 Å². The van der Waals surface area contributed by atoms with Crippen molar-refractivity contribution in [2.45, 2.75) is 13.3 Å². The summed E-state index contributed by atoms with van der Waals surface area (Å²) in [6.45, 7) is 2.93. The molecule has 0 spiro atoms. The van der Waals surface area contributed by atoms with E-state index in [1.165, 1.54) is 0 Å². The van der Waals surface area contributed by atoms with Crippen LogP contribution >= 0.6 is 0 Å². The molecule has 0 aliphatic carbocycles. The summed E-state index contributed by atoms with van der Waals surface area (Å²) < 4.78 is 21.9. The molecule has 1 amide bonds. The molecule has 0 aliphatic heterocycles. The molecule has 1 rings (SSSR count). The van der Waals surface area contributed by atoms with Crippen molar-refractivity contribution in [1.82, 2.24) is 10.3 Å². The van der Waals surface area contributed by atoms with Crippen molar-refractivity contribution in [2.24, 2.45) is 0 Å². The lowest BCUT2D eigenvalue weighted by Gasteiger charge is -2.07. The Bertz CT molecular complexity index is 529. The molecule has 0 saturated heterocycles. The van der Waals surface area contributed by atoms with Crippen LogP contribution in [0.5, 0.6) is 0 Å². The molecule has 0 atom stereocenters. The van der Waals surface area contributed by atoms with Gasteiger partial charge in [0.1, 0.15) is 15.7 Å². The number of nitrogens with zero attached hydrogens (tertiary/aromatic N) is 1. The number of amides is 1. The Hall–Kier alpha value is -1.63. The van der Waals surface area contributed by atoms with Crippen LogP contribution in [-0.4, -0.2) is 44.4 Å². The molecule has 0 unspecified atom stereocenters. The molecule has 0 aliphatic rings. The van der Waals surface area contributed by atoms with Crippen LogP contribution in [0.4, 0.5) is 5.82 Å². The highest BCUT2D eigenvalue weighted by molar-refractivity contribution is 7.90. The average Bonchev–Trinajstić information content (AvgIpc) is 2.35. The lowest BCUT2D eigenvalue weighted by Crippen LogP contribution is -2.28. The summed E-state index contributed by atoms with van der Waals surface area (Å²) in [5, 5.41) is 5.65. The van der Waals surface area contributed by atoms with Gasteiger partial charge in [0, 0.05) is 31.1 Å². The maximum atomic E-state index is 11.8. The van der Waals surface area contributed by atoms with Crippen molar-refractivity contribution < 1.29 is 13.2 Å². The van der Waals surface area contributed by atoms with E-state index in [0.717, 1.165) is 19.2 Å². The van der Waals surface area contributed by atoms with E-state index in [9.17, 15) is 13.2 Å². The molecule has 19 heavy (non-hydrogen) atoms. The van der Waals surface area contributed by atoms with Gasteiger partial charge in [-0.1, -0.05) is 6.92 Å². The second kappa shape index (κ2) is 7.08. The maximum Gasteiger partial charge on any atom is 0.251 e. The van der Waals surface area contributed by atoms with Crippen LogP contribution in [0.15, 0.2) is 18.3 Å². The van der Waals surface area contributed by atoms with Gasteiger partial charge in [0.25, 0.3) is 5.91 Å². The van der Waals surface area contributed by atoms with Crippen LogP contribution in [0.3, 0.4) is 0 Å². The number of aromatic nitrogens is 1. The molecule has 1 heterocycles. The molecule has 2 N–H and O–H groups in total. The number of anilines is 1. The van der Waals surface area contributed by atoms with Crippen LogP contribution in [-0.2, 0) is 9.84 Å². The predicted octanol–water partition coefficient (Wildman–Crippen LogP) is 0.678. The smallest absolute Gasteiger partial charge is 0.251 e. The third-order valence-electron chi connectivity index (χ3n) is 2.34. The minimum Gasteiger partial charge on any atom is -0.370 e. The number of sulfone groups is 1. The van der Waals surface area contributed by atoms with E-state index in [4.69, 9.17) is 0 Å². The molecule has 0 radical (unpaired) electrons. The first-order chi connectivity index (χ1) is 8.92. The second-order valence-electron chi connectivity index (χ2n) is 4.24. The lowest BCUT2D eigenvalue weighted by atomic mass is 10.2. The first-order valence-electron chi connectivity index (χ1n) is 6.08. The van der Waals surface area contributed by atoms with Gasteiger partial charge in [0.2, 0.25) is 0 Å². The molecule has 7 heteroatoms. The first-order valence-corrected chi connectivity index (χ1v) is 8.14. The third-order valence-corrected chi connectivity index (χ3v) is 3.28. The minimum atomic E-state index is -3.06. The summed E-state index contributed by atoms with van der Waals surface area (Å²) >= 11 is 0. The van der Waals surface area contributed by atoms with Gasteiger partial charge in [-0.3, -0.25) is 4.79 Å². The van der Waals surface area contributed by atoms with E-state index in [-0.39, 0.29) is 18.2 Å². The zero-order chi connectivity index (χ0) is 14.3. The van der Waals surface area contributed by atoms with E-state index < -0.39 is 9.84 Å². The van der Waals surface area contributed by atoms with E-state index in [1.807, 2.05) is 6.92 Å². The molecule has 0 fully saturated rings. The monoisotopic (exact) mass is 285 g/mol. The normalized spacial score (nSPS) is 11.1. The van der Waals surface area contributed by atoms with Crippen LogP contribution in [0.25, 0.3) is 0 Å². The summed E-state index contributed by atoms with van der Waals surface area (Å²) in [7, 11) is -3.06. The maximum absolute atomic E-state index is 11.8. The zero-order valence-electron chi connectivity index (χ0n) is 11.1. The Morgan fingerprint density at radius 3 is 2.74 bits per heavy atom. The van der Waals surface area contributed by atoms with Crippen LogP contribution in [0, 0.1) is 0 Å². The van der Waals surface area contributed by atoms with Gasteiger partial charge < -0.3 is 10.6 Å². The Labute approximate surface area is 113 Å². The fourth-order valence-electron chi connectivity index (χ4n) is 1.37. The minimum absolute atomic E-state index is 0.0647. The molecule has 0 aromatic carbocycles. The SMILES string of the molecule is CCCNc1cc(C(=O)NCCS(C)(=O)=O)ccn1. The van der Waals surface area contributed by atoms with Crippen molar-refractivity contribution in [3.8, 4) is 0 Å². The van der Waals surface area contributed by atoms with Gasteiger partial charge in [-0.15, -0.1) is 0 Å². The van der Waals surface area contributed by atoms with E-state index >= 15 is 0 Å². The first kappa shape index (κ1) is 15.4. The topological polar surface area (TPSA) is 88.2 Å². The fourth-order valence-corrected chi connectivity index (χ4v) is 1.85. The number of hydrogen-bond donors (Lipinski definition) is 2. The third kappa shape index (κ3) is 6.19. The summed E-state index contributed by atoms with van der Waals surface area (Å²) in [6.07, 6.45) is 3.65. The van der Waals surface area contributed by atoms with E-state index in [0.29, 0.717) is 11.4 Å². The van der Waals surface area contributed by atoms with Gasteiger partial charge in [0.15, 0.2) is 0 Å². The van der Waals surface area contributed by atoms with Gasteiger partial charge in [-0.25, -0.2) is 13.4 Å². The highest BCUT2D eigenvalue weighted by atomic mass is 32.2. The van der Waals surface area contributed by atoms with Crippen LogP contribution in [0.1, 0.15) is 23.7 Å². The molecule has 106 valence electrons. The van der Waals surface area contributed by atoms with Crippen LogP contribution < -0.4 is 10.6 Å². The number of nitrogens with one attached hydrogen (secondary N) is 2. The zero-order valence-corrected chi connectivity index (χ0v) is 12.0. The number of carbonyl (C=O) groups excluding carboxylic acids is 1. The highest BCUT2D eigenvalue weighted by Crippen LogP contribution is 2.06. The quantitative estimate of drug-likeness (QED) is 0.769. The number of carbonyl (C=O) groups is 1. The molecule has 6 nitrogen and oxygen atoms in total. The number of pyridine rings is 1. The molecule has 1 aromatic rings. The summed E-state index contributed by atoms with van der Waals surface area (Å²) in [5.41, 5.74) is 0.460. The summed E-state index contributed by atoms with van der Waals surface area (Å²) in [5.74, 6) is 0.272. The average molecular weight is 285 g/mol. The van der Waals surface area contributed by atoms with Crippen molar-refractivity contribution in [3.63, 3.8) is 0 Å². The van der Waals surface area contributed by atoms with Crippen molar-refractivity contribution in [1.29, 1.82) is 0 Å². The fraction of sp³-hybridized carbons (Fsp3) is 0.500. The van der Waals surface area contributed by atoms with E-state index in [2.05, 4.69) is 15.6 Å². The largest absolute Gasteiger partial charge is 0.370 e. The van der Waals surface area contributed by atoms with Gasteiger partial charge in [0.05, 0.1) is 5.75 Å². The highest BCUT2D eigenvalue weighted by Gasteiger charge is 2.08. The number of hydrogen-bond acceptors (Lipinski definition) is 5. The Kier molecular flexibility index (Phi) is 5.75. The van der Waals surface area contributed by atoms with Crippen molar-refractivity contribution in [2.75, 3.05) is 30.4 Å². The standard InChI is InChI=1S/C12H19N3O3S/c1-3-5-13-11-9-10(4-6-14-11)12(16)15-7-8-19(2,17)18/h4,6,9H,3,5,7-8H2,1-2H3,(H,13,14)(H,15,16). The molecule has 0 bridgehead atoms. The predicted molar refractivity (Wildman–Crippen MR) is 75.1 cm³/mol. The Morgan fingerprint density at radius 2 is 2.11 bits per heavy atom. The Morgan fingerprint density at radius 1 is 1.37 bits per heavy atom. The Balaban J connectivity index is 2.56.